The van der Waals surface area contributed by atoms with Crippen LogP contribution in [0.1, 0.15) is 32.8 Å². The number of nitrogens with zero attached hydrogens (tertiary/aromatic N) is 1. The van der Waals surface area contributed by atoms with Crippen molar-refractivity contribution in [2.75, 3.05) is 12.8 Å². The molecule has 1 rings (SSSR count). The van der Waals surface area contributed by atoms with E-state index in [0.29, 0.717) is 6.04 Å². The monoisotopic (exact) mass is 298 g/mol. The van der Waals surface area contributed by atoms with Crippen LogP contribution in [0.25, 0.3) is 0 Å². The van der Waals surface area contributed by atoms with Crippen LogP contribution in [0.15, 0.2) is 22.7 Å². The number of halogens is 1. The molecule has 0 amide bonds. The summed E-state index contributed by atoms with van der Waals surface area (Å²) in [4.78, 5) is 2.36. The largest absolute Gasteiger partial charge is 0.398 e. The van der Waals surface area contributed by atoms with Crippen molar-refractivity contribution in [1.29, 1.82) is 0 Å². The molecule has 0 radical (unpaired) electrons. The van der Waals surface area contributed by atoms with Crippen molar-refractivity contribution < 1.29 is 0 Å². The van der Waals surface area contributed by atoms with E-state index in [-0.39, 0.29) is 0 Å². The molecule has 2 N–H and O–H groups in total. The number of hydrogen-bond acceptors (Lipinski definition) is 2. The van der Waals surface area contributed by atoms with Gasteiger partial charge >= 0.3 is 0 Å². The smallest absolute Gasteiger partial charge is 0.0371 e. The minimum absolute atomic E-state index is 0.582. The lowest BCUT2D eigenvalue weighted by molar-refractivity contribution is 0.221. The summed E-state index contributed by atoms with van der Waals surface area (Å²) < 4.78 is 1.04. The molecule has 2 nitrogen and oxygen atoms in total. The normalized spacial score (nSPS) is 13.4. The highest BCUT2D eigenvalue weighted by Gasteiger charge is 2.12. The van der Waals surface area contributed by atoms with E-state index < -0.39 is 0 Å². The highest BCUT2D eigenvalue weighted by Crippen LogP contribution is 2.21. The van der Waals surface area contributed by atoms with Gasteiger partial charge in [-0.2, -0.15) is 0 Å². The number of hydrogen-bond donors (Lipinski definition) is 1. The van der Waals surface area contributed by atoms with Gasteiger partial charge in [0.1, 0.15) is 0 Å². The van der Waals surface area contributed by atoms with Crippen LogP contribution >= 0.6 is 15.9 Å². The Morgan fingerprint density at radius 1 is 1.29 bits per heavy atom. The van der Waals surface area contributed by atoms with E-state index in [9.17, 15) is 0 Å². The molecule has 0 saturated carbocycles. The van der Waals surface area contributed by atoms with Crippen molar-refractivity contribution in [3.05, 3.63) is 28.2 Å². The van der Waals surface area contributed by atoms with Gasteiger partial charge in [0.25, 0.3) is 0 Å². The van der Waals surface area contributed by atoms with E-state index >= 15 is 0 Å². The second kappa shape index (κ2) is 6.41. The summed E-state index contributed by atoms with van der Waals surface area (Å²) in [5.41, 5.74) is 8.08. The molecule has 0 fully saturated rings. The Balaban J connectivity index is 2.64. The molecular formula is C14H23BrN2. The van der Waals surface area contributed by atoms with E-state index in [2.05, 4.69) is 54.7 Å². The third-order valence-corrected chi connectivity index (χ3v) is 3.59. The maximum absolute atomic E-state index is 6.01. The Bertz CT molecular complexity index is 363. The molecule has 3 heteroatoms. The fourth-order valence-electron chi connectivity index (χ4n) is 2.00. The molecule has 1 unspecified atom stereocenters. The topological polar surface area (TPSA) is 29.3 Å². The summed E-state index contributed by atoms with van der Waals surface area (Å²) in [6.07, 6.45) is 1.22. The SMILES string of the molecule is CC(C)CC(C)N(C)Cc1ccc(Br)cc1N. The van der Waals surface area contributed by atoms with Gasteiger partial charge < -0.3 is 5.73 Å². The number of nitrogen functional groups attached to an aromatic ring is 1. The van der Waals surface area contributed by atoms with Crippen molar-refractivity contribution in [2.45, 2.75) is 39.8 Å². The van der Waals surface area contributed by atoms with Crippen LogP contribution in [0.5, 0.6) is 0 Å². The lowest BCUT2D eigenvalue weighted by atomic mass is 10.0. The molecule has 0 aliphatic carbocycles. The average molecular weight is 299 g/mol. The van der Waals surface area contributed by atoms with Gasteiger partial charge in [0.2, 0.25) is 0 Å². The molecule has 0 spiro atoms. The molecule has 0 aliphatic heterocycles. The van der Waals surface area contributed by atoms with Gasteiger partial charge in [-0.1, -0.05) is 35.8 Å². The van der Waals surface area contributed by atoms with Crippen LogP contribution in [-0.4, -0.2) is 18.0 Å². The predicted molar refractivity (Wildman–Crippen MR) is 78.9 cm³/mol. The number of benzene rings is 1. The first-order valence-electron chi connectivity index (χ1n) is 6.14. The fraction of sp³-hybridized carbons (Fsp3) is 0.571. The van der Waals surface area contributed by atoms with E-state index in [1.807, 2.05) is 12.1 Å². The molecule has 0 heterocycles. The van der Waals surface area contributed by atoms with Gasteiger partial charge in [-0.3, -0.25) is 4.90 Å². The van der Waals surface area contributed by atoms with Crippen LogP contribution in [0.3, 0.4) is 0 Å². The summed E-state index contributed by atoms with van der Waals surface area (Å²) in [6, 6.07) is 6.69. The Hall–Kier alpha value is -0.540. The molecule has 1 aromatic carbocycles. The zero-order valence-electron chi connectivity index (χ0n) is 11.2. The zero-order chi connectivity index (χ0) is 13.0. The first kappa shape index (κ1) is 14.5. The minimum atomic E-state index is 0.582. The van der Waals surface area contributed by atoms with Crippen molar-refractivity contribution in [3.63, 3.8) is 0 Å². The first-order chi connectivity index (χ1) is 7.90. The molecule has 17 heavy (non-hydrogen) atoms. The number of anilines is 1. The van der Waals surface area contributed by atoms with E-state index in [1.54, 1.807) is 0 Å². The first-order valence-corrected chi connectivity index (χ1v) is 6.93. The molecule has 96 valence electrons. The number of rotatable bonds is 5. The summed E-state index contributed by atoms with van der Waals surface area (Å²) in [5.74, 6) is 0.731. The highest BCUT2D eigenvalue weighted by molar-refractivity contribution is 9.10. The van der Waals surface area contributed by atoms with Gasteiger partial charge in [0, 0.05) is 22.7 Å². The molecule has 0 saturated heterocycles. The quantitative estimate of drug-likeness (QED) is 0.836. The molecule has 0 bridgehead atoms. The third kappa shape index (κ3) is 4.68. The van der Waals surface area contributed by atoms with Gasteiger partial charge in [-0.15, -0.1) is 0 Å². The number of nitrogens with two attached hydrogens (primary N) is 1. The summed E-state index contributed by atoms with van der Waals surface area (Å²) in [5, 5.41) is 0. The molecule has 1 aromatic rings. The van der Waals surface area contributed by atoms with Crippen molar-refractivity contribution in [3.8, 4) is 0 Å². The van der Waals surface area contributed by atoms with E-state index in [0.717, 1.165) is 22.6 Å². The lowest BCUT2D eigenvalue weighted by Gasteiger charge is -2.26. The Kier molecular flexibility index (Phi) is 5.47. The third-order valence-electron chi connectivity index (χ3n) is 3.09. The fourth-order valence-corrected chi connectivity index (χ4v) is 2.38. The zero-order valence-corrected chi connectivity index (χ0v) is 12.8. The summed E-state index contributed by atoms with van der Waals surface area (Å²) in [6.45, 7) is 7.71. The lowest BCUT2D eigenvalue weighted by Crippen LogP contribution is -2.30. The van der Waals surface area contributed by atoms with Gasteiger partial charge in [0.15, 0.2) is 0 Å². The van der Waals surface area contributed by atoms with Crippen LogP contribution in [-0.2, 0) is 6.54 Å². The molecule has 1 atom stereocenters. The van der Waals surface area contributed by atoms with Crippen LogP contribution in [0, 0.1) is 5.92 Å². The second-order valence-electron chi connectivity index (χ2n) is 5.24. The maximum atomic E-state index is 6.01. The Morgan fingerprint density at radius 2 is 1.94 bits per heavy atom. The maximum Gasteiger partial charge on any atom is 0.0371 e. The highest BCUT2D eigenvalue weighted by atomic mass is 79.9. The average Bonchev–Trinajstić information content (AvgIpc) is 2.21. The van der Waals surface area contributed by atoms with Crippen molar-refractivity contribution in [1.82, 2.24) is 4.90 Å². The second-order valence-corrected chi connectivity index (χ2v) is 6.15. The van der Waals surface area contributed by atoms with Crippen molar-refractivity contribution in [2.24, 2.45) is 5.92 Å². The van der Waals surface area contributed by atoms with Crippen LogP contribution in [0.4, 0.5) is 5.69 Å². The minimum Gasteiger partial charge on any atom is -0.398 e. The van der Waals surface area contributed by atoms with Crippen LogP contribution < -0.4 is 5.73 Å². The van der Waals surface area contributed by atoms with Gasteiger partial charge in [0.05, 0.1) is 0 Å². The predicted octanol–water partition coefficient (Wildman–Crippen LogP) is 3.90. The van der Waals surface area contributed by atoms with Crippen molar-refractivity contribution >= 4 is 21.6 Å². The molecule has 0 aromatic heterocycles. The molecule has 0 aliphatic rings. The van der Waals surface area contributed by atoms with Crippen LogP contribution in [0.2, 0.25) is 0 Å². The Morgan fingerprint density at radius 3 is 2.47 bits per heavy atom. The summed E-state index contributed by atoms with van der Waals surface area (Å²) in [7, 11) is 2.16. The van der Waals surface area contributed by atoms with E-state index in [4.69, 9.17) is 5.73 Å². The Labute approximate surface area is 113 Å². The van der Waals surface area contributed by atoms with Gasteiger partial charge in [-0.25, -0.2) is 0 Å². The molecular weight excluding hydrogens is 276 g/mol. The standard InChI is InChI=1S/C14H23BrN2/c1-10(2)7-11(3)17(4)9-12-5-6-13(15)8-14(12)16/h5-6,8,10-11H,7,9,16H2,1-4H3. The van der Waals surface area contributed by atoms with Gasteiger partial charge in [-0.05, 0) is 44.0 Å². The summed E-state index contributed by atoms with van der Waals surface area (Å²) >= 11 is 3.43. The van der Waals surface area contributed by atoms with E-state index in [1.165, 1.54) is 12.0 Å².